The Morgan fingerprint density at radius 3 is 2.60 bits per heavy atom. The zero-order valence-electron chi connectivity index (χ0n) is 16.1. The van der Waals surface area contributed by atoms with Gasteiger partial charge in [0.15, 0.2) is 0 Å². The second-order valence-electron chi connectivity index (χ2n) is 6.65. The summed E-state index contributed by atoms with van der Waals surface area (Å²) < 4.78 is 29.3. The number of anilines is 1. The van der Waals surface area contributed by atoms with Gasteiger partial charge in [0, 0.05) is 41.8 Å². The molecule has 0 aliphatic rings. The molecule has 0 spiro atoms. The van der Waals surface area contributed by atoms with Gasteiger partial charge in [0.2, 0.25) is 5.91 Å². The number of aromatic nitrogens is 1. The first-order valence-corrected chi connectivity index (χ1v) is 11.0. The molecular formula is C20H18Cl2N4O3S. The average Bonchev–Trinajstić information content (AvgIpc) is 2.68. The largest absolute Gasteiger partial charge is 0.368 e. The number of nitrogens with zero attached hydrogens (tertiary/aromatic N) is 3. The first-order valence-electron chi connectivity index (χ1n) is 8.76. The summed E-state index contributed by atoms with van der Waals surface area (Å²) in [6, 6.07) is 11.5. The van der Waals surface area contributed by atoms with E-state index >= 15 is 0 Å². The van der Waals surface area contributed by atoms with Crippen LogP contribution in [-0.4, -0.2) is 44.6 Å². The molecule has 0 fully saturated rings. The number of carbonyl (C=O) groups excluding carboxylic acids is 1. The number of rotatable bonds is 6. The lowest BCUT2D eigenvalue weighted by atomic mass is 10.1. The molecule has 0 aliphatic heterocycles. The van der Waals surface area contributed by atoms with Gasteiger partial charge in [-0.25, -0.2) is 4.98 Å². The van der Waals surface area contributed by atoms with Crippen molar-refractivity contribution >= 4 is 61.9 Å². The summed E-state index contributed by atoms with van der Waals surface area (Å²) in [6.07, 6.45) is 2.63. The molecule has 0 saturated carbocycles. The molecular weight excluding hydrogens is 447 g/mol. The Morgan fingerprint density at radius 1 is 1.17 bits per heavy atom. The minimum absolute atomic E-state index is 0.0271. The smallest absolute Gasteiger partial charge is 0.284 e. The third kappa shape index (κ3) is 5.08. The number of hydrogen-bond acceptors (Lipinski definition) is 4. The zero-order valence-corrected chi connectivity index (χ0v) is 18.5. The van der Waals surface area contributed by atoms with Gasteiger partial charge in [-0.05, 0) is 29.8 Å². The standard InChI is InChI=1S/C20H18Cl2N4O3S/c1-26(2)12-24-30(28,29)18-11-14(10-16-15(18)7-8-23-20(16)22)25-19(27)9-13-5-3-4-6-17(13)21/h3-8,10-12H,9H2,1-2H3,(H,25,27). The maximum absolute atomic E-state index is 12.8. The summed E-state index contributed by atoms with van der Waals surface area (Å²) in [6.45, 7) is 0. The summed E-state index contributed by atoms with van der Waals surface area (Å²) in [7, 11) is -0.742. The molecule has 3 rings (SSSR count). The normalized spacial score (nSPS) is 11.7. The number of hydrogen-bond donors (Lipinski definition) is 1. The van der Waals surface area contributed by atoms with Crippen LogP contribution in [0, 0.1) is 0 Å². The maximum Gasteiger partial charge on any atom is 0.284 e. The minimum Gasteiger partial charge on any atom is -0.368 e. The first-order chi connectivity index (χ1) is 14.2. The summed E-state index contributed by atoms with van der Waals surface area (Å²) in [5.74, 6) is -0.359. The molecule has 10 heteroatoms. The Balaban J connectivity index is 2.03. The third-order valence-corrected chi connectivity index (χ3v) is 6.02. The highest BCUT2D eigenvalue weighted by molar-refractivity contribution is 7.90. The van der Waals surface area contributed by atoms with Crippen molar-refractivity contribution in [2.24, 2.45) is 4.40 Å². The molecule has 7 nitrogen and oxygen atoms in total. The fraction of sp³-hybridized carbons (Fsp3) is 0.150. The third-order valence-electron chi connectivity index (χ3n) is 4.08. The second kappa shape index (κ2) is 8.99. The van der Waals surface area contributed by atoms with Crippen molar-refractivity contribution in [1.82, 2.24) is 9.88 Å². The Labute approximate surface area is 184 Å². The van der Waals surface area contributed by atoms with Gasteiger partial charge in [0.25, 0.3) is 10.0 Å². The van der Waals surface area contributed by atoms with Crippen molar-refractivity contribution in [3.8, 4) is 0 Å². The Hall–Kier alpha value is -2.68. The SMILES string of the molecule is CN(C)C=NS(=O)(=O)c1cc(NC(=O)Cc2ccccc2Cl)cc2c(Cl)nccc12. The van der Waals surface area contributed by atoms with Crippen LogP contribution in [0.2, 0.25) is 10.2 Å². The van der Waals surface area contributed by atoms with Gasteiger partial charge in [0.1, 0.15) is 11.5 Å². The Kier molecular flexibility index (Phi) is 6.60. The van der Waals surface area contributed by atoms with Crippen LogP contribution < -0.4 is 5.32 Å². The minimum atomic E-state index is -4.05. The number of carbonyl (C=O) groups is 1. The molecule has 1 amide bonds. The molecule has 2 aromatic carbocycles. The molecule has 3 aromatic rings. The summed E-state index contributed by atoms with van der Waals surface area (Å²) in [5.41, 5.74) is 0.911. The van der Waals surface area contributed by atoms with Crippen LogP contribution in [0.25, 0.3) is 10.8 Å². The molecule has 0 saturated heterocycles. The van der Waals surface area contributed by atoms with E-state index in [1.807, 2.05) is 0 Å². The maximum atomic E-state index is 12.8. The number of benzene rings is 2. The average molecular weight is 465 g/mol. The van der Waals surface area contributed by atoms with E-state index in [4.69, 9.17) is 23.2 Å². The van der Waals surface area contributed by atoms with Gasteiger partial charge in [-0.3, -0.25) is 4.79 Å². The highest BCUT2D eigenvalue weighted by Gasteiger charge is 2.20. The predicted molar refractivity (Wildman–Crippen MR) is 120 cm³/mol. The fourth-order valence-electron chi connectivity index (χ4n) is 2.73. The molecule has 0 atom stereocenters. The van der Waals surface area contributed by atoms with Crippen molar-refractivity contribution in [1.29, 1.82) is 0 Å². The van der Waals surface area contributed by atoms with Crippen LogP contribution in [-0.2, 0) is 21.2 Å². The highest BCUT2D eigenvalue weighted by atomic mass is 35.5. The zero-order chi connectivity index (χ0) is 21.9. The van der Waals surface area contributed by atoms with Crippen LogP contribution in [0.3, 0.4) is 0 Å². The van der Waals surface area contributed by atoms with Crippen LogP contribution >= 0.6 is 23.2 Å². The van der Waals surface area contributed by atoms with E-state index in [1.165, 1.54) is 29.6 Å². The van der Waals surface area contributed by atoms with Crippen molar-refractivity contribution in [2.45, 2.75) is 11.3 Å². The molecule has 0 unspecified atom stereocenters. The quantitative estimate of drug-likeness (QED) is 0.338. The van der Waals surface area contributed by atoms with Crippen LogP contribution in [0.15, 0.2) is 58.0 Å². The van der Waals surface area contributed by atoms with E-state index < -0.39 is 10.0 Å². The van der Waals surface area contributed by atoms with E-state index in [0.29, 0.717) is 21.4 Å². The van der Waals surface area contributed by atoms with Gasteiger partial charge < -0.3 is 10.2 Å². The molecule has 156 valence electrons. The van der Waals surface area contributed by atoms with Crippen LogP contribution in [0.5, 0.6) is 0 Å². The first kappa shape index (κ1) is 22.0. The molecule has 1 heterocycles. The van der Waals surface area contributed by atoms with Gasteiger partial charge in [0.05, 0.1) is 11.3 Å². The molecule has 30 heavy (non-hydrogen) atoms. The van der Waals surface area contributed by atoms with E-state index in [0.717, 1.165) is 0 Å². The summed E-state index contributed by atoms with van der Waals surface area (Å²) in [4.78, 5) is 17.9. The van der Waals surface area contributed by atoms with Gasteiger partial charge in [-0.15, -0.1) is 4.40 Å². The van der Waals surface area contributed by atoms with E-state index in [2.05, 4.69) is 14.7 Å². The molecule has 1 aromatic heterocycles. The monoisotopic (exact) mass is 464 g/mol. The lowest BCUT2D eigenvalue weighted by Gasteiger charge is -2.12. The van der Waals surface area contributed by atoms with Gasteiger partial charge in [-0.1, -0.05) is 41.4 Å². The van der Waals surface area contributed by atoms with Crippen LogP contribution in [0.4, 0.5) is 5.69 Å². The molecule has 0 bridgehead atoms. The van der Waals surface area contributed by atoms with E-state index in [-0.39, 0.29) is 28.1 Å². The van der Waals surface area contributed by atoms with E-state index in [1.54, 1.807) is 44.4 Å². The highest BCUT2D eigenvalue weighted by Crippen LogP contribution is 2.32. The number of halogens is 2. The van der Waals surface area contributed by atoms with Crippen LogP contribution in [0.1, 0.15) is 5.56 Å². The Morgan fingerprint density at radius 2 is 1.90 bits per heavy atom. The van der Waals surface area contributed by atoms with Crippen molar-refractivity contribution in [2.75, 3.05) is 19.4 Å². The summed E-state index contributed by atoms with van der Waals surface area (Å²) in [5, 5.41) is 4.03. The topological polar surface area (TPSA) is 91.7 Å². The second-order valence-corrected chi connectivity index (χ2v) is 9.01. The predicted octanol–water partition coefficient (Wildman–Crippen LogP) is 4.00. The van der Waals surface area contributed by atoms with Gasteiger partial charge >= 0.3 is 0 Å². The number of nitrogens with one attached hydrogen (secondary N) is 1. The van der Waals surface area contributed by atoms with Crippen molar-refractivity contribution in [3.05, 3.63) is 64.4 Å². The lowest BCUT2D eigenvalue weighted by Crippen LogP contribution is -2.15. The van der Waals surface area contributed by atoms with E-state index in [9.17, 15) is 13.2 Å². The number of pyridine rings is 1. The Bertz CT molecular complexity index is 1240. The van der Waals surface area contributed by atoms with Crippen molar-refractivity contribution in [3.63, 3.8) is 0 Å². The lowest BCUT2D eigenvalue weighted by molar-refractivity contribution is -0.115. The van der Waals surface area contributed by atoms with Gasteiger partial charge in [-0.2, -0.15) is 8.42 Å². The van der Waals surface area contributed by atoms with Crippen molar-refractivity contribution < 1.29 is 13.2 Å². The fourth-order valence-corrected chi connectivity index (χ4v) is 4.31. The number of amides is 1. The molecule has 0 radical (unpaired) electrons. The number of fused-ring (bicyclic) bond motifs is 1. The summed E-state index contributed by atoms with van der Waals surface area (Å²) >= 11 is 12.3. The number of sulfonamides is 1. The molecule has 0 aliphatic carbocycles. The molecule has 1 N–H and O–H groups in total.